The standard InChI is InChI=1S/C13H14ClN3/c14-8-1-4-10-11(7-8)17(9-2-3-9)12(16-10)13(15)5-6-13/h1,4,7,9H,2-3,5-6,15H2. The van der Waals surface area contributed by atoms with E-state index in [1.807, 2.05) is 18.2 Å². The molecule has 2 aliphatic rings. The first kappa shape index (κ1) is 9.92. The van der Waals surface area contributed by atoms with Crippen molar-refractivity contribution in [2.75, 3.05) is 0 Å². The number of halogens is 1. The van der Waals surface area contributed by atoms with Crippen LogP contribution in [0.2, 0.25) is 5.02 Å². The van der Waals surface area contributed by atoms with Crippen LogP contribution in [-0.2, 0) is 5.54 Å². The van der Waals surface area contributed by atoms with Gasteiger partial charge >= 0.3 is 0 Å². The van der Waals surface area contributed by atoms with Crippen LogP contribution in [-0.4, -0.2) is 9.55 Å². The van der Waals surface area contributed by atoms with Gasteiger partial charge in [-0.2, -0.15) is 0 Å². The molecule has 0 unspecified atom stereocenters. The van der Waals surface area contributed by atoms with Crippen LogP contribution >= 0.6 is 11.6 Å². The zero-order chi connectivity index (χ0) is 11.6. The molecule has 0 saturated heterocycles. The highest BCUT2D eigenvalue weighted by atomic mass is 35.5. The van der Waals surface area contributed by atoms with E-state index in [-0.39, 0.29) is 5.54 Å². The molecular weight excluding hydrogens is 234 g/mol. The number of nitrogens with two attached hydrogens (primary N) is 1. The van der Waals surface area contributed by atoms with Gasteiger partial charge in [-0.25, -0.2) is 4.98 Å². The quantitative estimate of drug-likeness (QED) is 0.887. The Bertz CT molecular complexity index is 608. The van der Waals surface area contributed by atoms with Gasteiger partial charge in [0.25, 0.3) is 0 Å². The molecule has 1 heterocycles. The summed E-state index contributed by atoms with van der Waals surface area (Å²) in [4.78, 5) is 4.73. The third-order valence-corrected chi connectivity index (χ3v) is 4.03. The third kappa shape index (κ3) is 1.42. The fourth-order valence-corrected chi connectivity index (χ4v) is 2.64. The Morgan fingerprint density at radius 2 is 2.12 bits per heavy atom. The van der Waals surface area contributed by atoms with Crippen molar-refractivity contribution < 1.29 is 0 Å². The molecule has 17 heavy (non-hydrogen) atoms. The molecule has 1 aromatic carbocycles. The van der Waals surface area contributed by atoms with Crippen LogP contribution in [0.3, 0.4) is 0 Å². The summed E-state index contributed by atoms with van der Waals surface area (Å²) in [6, 6.07) is 6.49. The fraction of sp³-hybridized carbons (Fsp3) is 0.462. The van der Waals surface area contributed by atoms with E-state index in [1.54, 1.807) is 0 Å². The van der Waals surface area contributed by atoms with Crippen molar-refractivity contribution >= 4 is 22.6 Å². The maximum absolute atomic E-state index is 6.32. The van der Waals surface area contributed by atoms with Gasteiger partial charge in [0.1, 0.15) is 5.82 Å². The summed E-state index contributed by atoms with van der Waals surface area (Å²) in [7, 11) is 0. The number of benzene rings is 1. The molecule has 2 N–H and O–H groups in total. The Kier molecular flexibility index (Phi) is 1.77. The number of fused-ring (bicyclic) bond motifs is 1. The van der Waals surface area contributed by atoms with E-state index >= 15 is 0 Å². The second-order valence-electron chi connectivity index (χ2n) is 5.33. The SMILES string of the molecule is NC1(c2nc3ccc(Cl)cc3n2C2CC2)CC1. The molecule has 2 aliphatic carbocycles. The van der Waals surface area contributed by atoms with Gasteiger partial charge in [-0.15, -0.1) is 0 Å². The number of rotatable bonds is 2. The lowest BCUT2D eigenvalue weighted by Crippen LogP contribution is -2.24. The average Bonchev–Trinajstić information content (AvgIpc) is 3.21. The minimum Gasteiger partial charge on any atom is -0.323 e. The van der Waals surface area contributed by atoms with Crippen LogP contribution in [0, 0.1) is 0 Å². The van der Waals surface area contributed by atoms with Gasteiger partial charge in [0, 0.05) is 11.1 Å². The third-order valence-electron chi connectivity index (χ3n) is 3.80. The van der Waals surface area contributed by atoms with Gasteiger partial charge in [0.2, 0.25) is 0 Å². The van der Waals surface area contributed by atoms with Crippen molar-refractivity contribution in [3.05, 3.63) is 29.0 Å². The number of hydrogen-bond donors (Lipinski definition) is 1. The highest BCUT2D eigenvalue weighted by Gasteiger charge is 2.46. The monoisotopic (exact) mass is 247 g/mol. The second kappa shape index (κ2) is 3.03. The summed E-state index contributed by atoms with van der Waals surface area (Å²) < 4.78 is 2.33. The highest BCUT2D eigenvalue weighted by molar-refractivity contribution is 6.31. The Balaban J connectivity index is 2.02. The maximum Gasteiger partial charge on any atom is 0.130 e. The highest BCUT2D eigenvalue weighted by Crippen LogP contribution is 2.48. The fourth-order valence-electron chi connectivity index (χ4n) is 2.48. The van der Waals surface area contributed by atoms with E-state index < -0.39 is 0 Å². The topological polar surface area (TPSA) is 43.8 Å². The van der Waals surface area contributed by atoms with Gasteiger partial charge in [-0.3, -0.25) is 0 Å². The molecule has 4 rings (SSSR count). The van der Waals surface area contributed by atoms with Gasteiger partial charge in [-0.1, -0.05) is 11.6 Å². The predicted molar refractivity (Wildman–Crippen MR) is 68.1 cm³/mol. The van der Waals surface area contributed by atoms with Crippen LogP contribution < -0.4 is 5.73 Å². The lowest BCUT2D eigenvalue weighted by atomic mass is 10.2. The molecule has 0 bridgehead atoms. The van der Waals surface area contributed by atoms with Crippen LogP contribution in [0.5, 0.6) is 0 Å². The lowest BCUT2D eigenvalue weighted by molar-refractivity contribution is 0.598. The van der Waals surface area contributed by atoms with Crippen molar-refractivity contribution in [1.29, 1.82) is 0 Å². The van der Waals surface area contributed by atoms with Crippen molar-refractivity contribution in [3.8, 4) is 0 Å². The van der Waals surface area contributed by atoms with Crippen molar-refractivity contribution in [2.24, 2.45) is 5.73 Å². The summed E-state index contributed by atoms with van der Waals surface area (Å²) in [5.74, 6) is 1.07. The first-order valence-corrected chi connectivity index (χ1v) is 6.52. The van der Waals surface area contributed by atoms with Crippen molar-refractivity contribution in [2.45, 2.75) is 37.3 Å². The summed E-state index contributed by atoms with van der Waals surface area (Å²) in [6.45, 7) is 0. The molecule has 4 heteroatoms. The lowest BCUT2D eigenvalue weighted by Gasteiger charge is -2.12. The zero-order valence-electron chi connectivity index (χ0n) is 9.49. The largest absolute Gasteiger partial charge is 0.323 e. The molecule has 3 nitrogen and oxygen atoms in total. The predicted octanol–water partition coefficient (Wildman–Crippen LogP) is 2.97. The van der Waals surface area contributed by atoms with E-state index in [2.05, 4.69) is 4.57 Å². The first-order valence-electron chi connectivity index (χ1n) is 6.14. The molecule has 1 aromatic heterocycles. The number of imidazole rings is 1. The molecular formula is C13H14ClN3. The molecule has 0 spiro atoms. The summed E-state index contributed by atoms with van der Waals surface area (Å²) in [6.07, 6.45) is 4.58. The average molecular weight is 248 g/mol. The van der Waals surface area contributed by atoms with E-state index in [0.29, 0.717) is 6.04 Å². The minimum absolute atomic E-state index is 0.173. The van der Waals surface area contributed by atoms with Gasteiger partial charge < -0.3 is 10.3 Å². The van der Waals surface area contributed by atoms with Crippen molar-refractivity contribution in [1.82, 2.24) is 9.55 Å². The van der Waals surface area contributed by atoms with Crippen LogP contribution in [0.25, 0.3) is 11.0 Å². The molecule has 2 fully saturated rings. The molecule has 88 valence electrons. The van der Waals surface area contributed by atoms with Crippen LogP contribution in [0.1, 0.15) is 37.5 Å². The first-order chi connectivity index (χ1) is 8.17. The van der Waals surface area contributed by atoms with Crippen LogP contribution in [0.4, 0.5) is 0 Å². The van der Waals surface area contributed by atoms with Crippen LogP contribution in [0.15, 0.2) is 18.2 Å². The molecule has 0 amide bonds. The van der Waals surface area contributed by atoms with E-state index in [0.717, 1.165) is 34.7 Å². The molecule has 0 atom stereocenters. The van der Waals surface area contributed by atoms with Gasteiger partial charge in [0.05, 0.1) is 16.6 Å². The Labute approximate surface area is 105 Å². The van der Waals surface area contributed by atoms with Gasteiger partial charge in [0.15, 0.2) is 0 Å². The Hall–Kier alpha value is -1.06. The Morgan fingerprint density at radius 1 is 1.35 bits per heavy atom. The minimum atomic E-state index is -0.173. The summed E-state index contributed by atoms with van der Waals surface area (Å²) >= 11 is 6.08. The molecule has 2 saturated carbocycles. The van der Waals surface area contributed by atoms with E-state index in [9.17, 15) is 0 Å². The normalized spacial score (nSPS) is 22.0. The summed E-state index contributed by atoms with van der Waals surface area (Å²) in [5.41, 5.74) is 8.31. The number of aromatic nitrogens is 2. The number of nitrogens with zero attached hydrogens (tertiary/aromatic N) is 2. The van der Waals surface area contributed by atoms with E-state index in [4.69, 9.17) is 22.3 Å². The molecule has 0 radical (unpaired) electrons. The summed E-state index contributed by atoms with van der Waals surface area (Å²) in [5, 5.41) is 0.771. The molecule has 2 aromatic rings. The Morgan fingerprint density at radius 3 is 2.76 bits per heavy atom. The van der Waals surface area contributed by atoms with E-state index in [1.165, 1.54) is 12.8 Å². The zero-order valence-corrected chi connectivity index (χ0v) is 10.2. The maximum atomic E-state index is 6.32. The van der Waals surface area contributed by atoms with Crippen molar-refractivity contribution in [3.63, 3.8) is 0 Å². The smallest absolute Gasteiger partial charge is 0.130 e. The second-order valence-corrected chi connectivity index (χ2v) is 5.76. The number of hydrogen-bond acceptors (Lipinski definition) is 2. The molecule has 0 aliphatic heterocycles. The van der Waals surface area contributed by atoms with Gasteiger partial charge in [-0.05, 0) is 43.9 Å².